The van der Waals surface area contributed by atoms with E-state index < -0.39 is 24.0 Å². The van der Waals surface area contributed by atoms with Gasteiger partial charge in [-0.3, -0.25) is 9.59 Å². The molecule has 0 aliphatic carbocycles. The Morgan fingerprint density at radius 1 is 1.03 bits per heavy atom. The van der Waals surface area contributed by atoms with Crippen molar-refractivity contribution in [3.05, 3.63) is 71.1 Å². The summed E-state index contributed by atoms with van der Waals surface area (Å²) in [5.74, 6) is -1.13. The number of fused-ring (bicyclic) bond motifs is 1. The topological polar surface area (TPSA) is 81.7 Å². The third-order valence-electron chi connectivity index (χ3n) is 5.77. The molecule has 34 heavy (non-hydrogen) atoms. The van der Waals surface area contributed by atoms with Crippen LogP contribution in [0.1, 0.15) is 43.7 Å². The van der Waals surface area contributed by atoms with E-state index in [2.05, 4.69) is 5.32 Å². The largest absolute Gasteiger partial charge is 0.469 e. The van der Waals surface area contributed by atoms with Gasteiger partial charge in [-0.15, -0.1) is 11.3 Å². The average Bonchev–Trinajstić information content (AvgIpc) is 3.27. The highest BCUT2D eigenvalue weighted by atomic mass is 32.1. The fourth-order valence-electron chi connectivity index (χ4n) is 3.87. The number of carbonyl (C=O) groups excluding carboxylic acids is 3. The van der Waals surface area contributed by atoms with E-state index in [0.717, 1.165) is 34.1 Å². The van der Waals surface area contributed by atoms with E-state index in [1.807, 2.05) is 66.9 Å². The first-order valence-electron chi connectivity index (χ1n) is 11.5. The first kappa shape index (κ1) is 25.4. The van der Waals surface area contributed by atoms with Crippen molar-refractivity contribution in [3.8, 4) is 0 Å². The van der Waals surface area contributed by atoms with Gasteiger partial charge in [-0.25, -0.2) is 4.79 Å². The van der Waals surface area contributed by atoms with Gasteiger partial charge in [0.25, 0.3) is 0 Å². The second-order valence-electron chi connectivity index (χ2n) is 8.25. The van der Waals surface area contributed by atoms with Crippen molar-refractivity contribution in [1.82, 2.24) is 5.32 Å². The smallest absolute Gasteiger partial charge is 0.408 e. The number of ether oxygens (including phenoxy) is 2. The highest BCUT2D eigenvalue weighted by Gasteiger charge is 2.29. The van der Waals surface area contributed by atoms with Crippen LogP contribution in [0.3, 0.4) is 0 Å². The Labute approximate surface area is 204 Å². The number of alkyl carbamates (subject to hydrolysis) is 1. The molecule has 1 N–H and O–H groups in total. The molecule has 7 heteroatoms. The van der Waals surface area contributed by atoms with Crippen LogP contribution in [0.5, 0.6) is 0 Å². The third kappa shape index (κ3) is 7.15. The van der Waals surface area contributed by atoms with Crippen LogP contribution in [0, 0.1) is 5.92 Å². The number of methoxy groups -OCH3 is 1. The lowest BCUT2D eigenvalue weighted by Crippen LogP contribution is -2.43. The number of unbranched alkanes of at least 4 members (excludes halogenated alkanes) is 1. The lowest BCUT2D eigenvalue weighted by molar-refractivity contribution is -0.147. The molecule has 2 aromatic carbocycles. The molecular formula is C27H31NO5S. The highest BCUT2D eigenvalue weighted by molar-refractivity contribution is 7.17. The van der Waals surface area contributed by atoms with Gasteiger partial charge >= 0.3 is 12.1 Å². The molecule has 1 amide bonds. The van der Waals surface area contributed by atoms with Gasteiger partial charge in [0.1, 0.15) is 6.61 Å². The third-order valence-corrected chi connectivity index (χ3v) is 6.78. The molecule has 0 saturated carbocycles. The number of thiophene rings is 1. The van der Waals surface area contributed by atoms with Gasteiger partial charge < -0.3 is 14.8 Å². The molecule has 0 unspecified atom stereocenters. The highest BCUT2D eigenvalue weighted by Crippen LogP contribution is 2.27. The fraction of sp³-hybridized carbons (Fsp3) is 0.370. The van der Waals surface area contributed by atoms with Crippen molar-refractivity contribution in [1.29, 1.82) is 0 Å². The molecule has 1 aromatic heterocycles. The molecular weight excluding hydrogens is 450 g/mol. The minimum atomic E-state index is -0.810. The first-order valence-corrected chi connectivity index (χ1v) is 12.4. The second kappa shape index (κ2) is 12.9. The first-order chi connectivity index (χ1) is 16.5. The summed E-state index contributed by atoms with van der Waals surface area (Å²) in [6, 6.07) is 16.5. The molecule has 0 radical (unpaired) electrons. The van der Waals surface area contributed by atoms with Crippen molar-refractivity contribution >= 4 is 39.3 Å². The number of rotatable bonds is 12. The van der Waals surface area contributed by atoms with Gasteiger partial charge in [0.2, 0.25) is 0 Å². The molecule has 6 nitrogen and oxygen atoms in total. The van der Waals surface area contributed by atoms with Crippen LogP contribution in [-0.4, -0.2) is 31.0 Å². The Hall–Kier alpha value is -3.19. The lowest BCUT2D eigenvalue weighted by atomic mass is 9.91. The van der Waals surface area contributed by atoms with Crippen molar-refractivity contribution in [2.75, 3.05) is 7.11 Å². The summed E-state index contributed by atoms with van der Waals surface area (Å²) in [7, 11) is 1.33. The van der Waals surface area contributed by atoms with E-state index in [-0.39, 0.29) is 18.8 Å². The van der Waals surface area contributed by atoms with Gasteiger partial charge in [0, 0.05) is 17.5 Å². The number of ketones is 1. The van der Waals surface area contributed by atoms with Gasteiger partial charge in [0.15, 0.2) is 5.78 Å². The van der Waals surface area contributed by atoms with Gasteiger partial charge in [-0.05, 0) is 34.4 Å². The zero-order valence-electron chi connectivity index (χ0n) is 19.6. The predicted octanol–water partition coefficient (Wildman–Crippen LogP) is 5.68. The Kier molecular flexibility index (Phi) is 9.64. The Bertz CT molecular complexity index is 1090. The van der Waals surface area contributed by atoms with Crippen molar-refractivity contribution in [2.24, 2.45) is 5.92 Å². The number of hydrogen-bond acceptors (Lipinski definition) is 6. The quantitative estimate of drug-likeness (QED) is 0.337. The van der Waals surface area contributed by atoms with E-state index in [0.29, 0.717) is 12.8 Å². The minimum absolute atomic E-state index is 0.0123. The minimum Gasteiger partial charge on any atom is -0.469 e. The van der Waals surface area contributed by atoms with Gasteiger partial charge in [0.05, 0.1) is 19.1 Å². The molecule has 0 fully saturated rings. The number of benzene rings is 2. The SMILES string of the molecule is CCCC[C@H](CC(=O)[C@H](Cc1csc2ccccc12)NC(=O)OCc1ccccc1)C(=O)OC. The summed E-state index contributed by atoms with van der Waals surface area (Å²) in [5, 5.41) is 5.82. The molecule has 0 aliphatic heterocycles. The van der Waals surface area contributed by atoms with Gasteiger partial charge in [-0.1, -0.05) is 68.3 Å². The Morgan fingerprint density at radius 3 is 2.50 bits per heavy atom. The molecule has 180 valence electrons. The molecule has 1 heterocycles. The molecule has 0 bridgehead atoms. The van der Waals surface area contributed by atoms with Crippen LogP contribution in [0.2, 0.25) is 0 Å². The zero-order valence-corrected chi connectivity index (χ0v) is 20.4. The summed E-state index contributed by atoms with van der Waals surface area (Å²) in [6.45, 7) is 2.14. The maximum atomic E-state index is 13.3. The number of carbonyl (C=O) groups is 3. The number of nitrogens with one attached hydrogen (secondary N) is 1. The number of amides is 1. The summed E-state index contributed by atoms with van der Waals surface area (Å²) < 4.78 is 11.4. The van der Waals surface area contributed by atoms with Crippen molar-refractivity contribution in [3.63, 3.8) is 0 Å². The molecule has 0 aliphatic rings. The van der Waals surface area contributed by atoms with Crippen LogP contribution in [-0.2, 0) is 32.1 Å². The number of hydrogen-bond donors (Lipinski definition) is 1. The average molecular weight is 482 g/mol. The summed E-state index contributed by atoms with van der Waals surface area (Å²) in [4.78, 5) is 38.2. The predicted molar refractivity (Wildman–Crippen MR) is 134 cm³/mol. The molecule has 2 atom stereocenters. The maximum Gasteiger partial charge on any atom is 0.408 e. The van der Waals surface area contributed by atoms with E-state index in [1.165, 1.54) is 7.11 Å². The Balaban J connectivity index is 1.75. The molecule has 3 aromatic rings. The standard InChI is InChI=1S/C27H31NO5S/c1-3-4-12-20(26(30)32-2)16-24(29)23(15-21-18-34-25-14-9-8-13-22(21)25)28-27(31)33-17-19-10-6-5-7-11-19/h5-11,13-14,18,20,23H,3-4,12,15-17H2,1-2H3,(H,28,31)/t20-,23+/m1/s1. The lowest BCUT2D eigenvalue weighted by Gasteiger charge is -2.20. The zero-order chi connectivity index (χ0) is 24.3. The van der Waals surface area contributed by atoms with E-state index >= 15 is 0 Å². The van der Waals surface area contributed by atoms with Crippen LogP contribution in [0.15, 0.2) is 60.0 Å². The van der Waals surface area contributed by atoms with Crippen LogP contribution in [0.4, 0.5) is 4.79 Å². The normalized spacial score (nSPS) is 12.6. The van der Waals surface area contributed by atoms with Gasteiger partial charge in [-0.2, -0.15) is 0 Å². The Morgan fingerprint density at radius 2 is 1.76 bits per heavy atom. The fourth-order valence-corrected chi connectivity index (χ4v) is 4.84. The number of esters is 1. The summed E-state index contributed by atoms with van der Waals surface area (Å²) >= 11 is 1.60. The van der Waals surface area contributed by atoms with E-state index in [1.54, 1.807) is 11.3 Å². The monoisotopic (exact) mass is 481 g/mol. The van der Waals surface area contributed by atoms with E-state index in [9.17, 15) is 14.4 Å². The second-order valence-corrected chi connectivity index (χ2v) is 9.16. The summed E-state index contributed by atoms with van der Waals surface area (Å²) in [5.41, 5.74) is 1.83. The van der Waals surface area contributed by atoms with Crippen molar-refractivity contribution in [2.45, 2.75) is 51.7 Å². The van der Waals surface area contributed by atoms with Crippen LogP contribution in [0.25, 0.3) is 10.1 Å². The maximum absolute atomic E-state index is 13.3. The molecule has 0 spiro atoms. The molecule has 0 saturated heterocycles. The van der Waals surface area contributed by atoms with Crippen LogP contribution < -0.4 is 5.32 Å². The number of Topliss-reactive ketones (excluding diaryl/α,β-unsaturated/α-hetero) is 1. The summed E-state index contributed by atoms with van der Waals surface area (Å²) in [6.07, 6.45) is 1.98. The van der Waals surface area contributed by atoms with E-state index in [4.69, 9.17) is 9.47 Å². The van der Waals surface area contributed by atoms with Crippen molar-refractivity contribution < 1.29 is 23.9 Å². The molecule has 3 rings (SSSR count). The van der Waals surface area contributed by atoms with Crippen LogP contribution >= 0.6 is 11.3 Å².